The van der Waals surface area contributed by atoms with Crippen LogP contribution in [0.2, 0.25) is 0 Å². The lowest BCUT2D eigenvalue weighted by atomic mass is 10.2. The highest BCUT2D eigenvalue weighted by Crippen LogP contribution is 2.31. The van der Waals surface area contributed by atoms with Gasteiger partial charge in [0.2, 0.25) is 0 Å². The summed E-state index contributed by atoms with van der Waals surface area (Å²) < 4.78 is 17.1. The van der Waals surface area contributed by atoms with Gasteiger partial charge < -0.3 is 14.2 Å². The Balaban J connectivity index is 1.49. The van der Waals surface area contributed by atoms with Crippen molar-refractivity contribution in [1.82, 2.24) is 4.90 Å². The number of likely N-dealkylation sites (N-methyl/N-ethyl adjacent to an activating group) is 1. The molecule has 1 aliphatic rings. The first-order valence-corrected chi connectivity index (χ1v) is 9.50. The summed E-state index contributed by atoms with van der Waals surface area (Å²) >= 11 is 6.44. The Bertz CT molecular complexity index is 865. The van der Waals surface area contributed by atoms with E-state index in [4.69, 9.17) is 26.4 Å². The van der Waals surface area contributed by atoms with E-state index in [9.17, 15) is 4.79 Å². The highest BCUT2D eigenvalue weighted by Gasteiger charge is 2.28. The number of ether oxygens (including phenoxy) is 3. The van der Waals surface area contributed by atoms with E-state index >= 15 is 0 Å². The highest BCUT2D eigenvalue weighted by molar-refractivity contribution is 8.26. The summed E-state index contributed by atoms with van der Waals surface area (Å²) in [5, 5.41) is 0. The van der Waals surface area contributed by atoms with E-state index in [1.165, 1.54) is 16.7 Å². The minimum absolute atomic E-state index is 0.0694. The lowest BCUT2D eigenvalue weighted by Gasteiger charge is -2.09. The molecule has 1 aliphatic heterocycles. The molecule has 1 saturated heterocycles. The molecule has 0 atom stereocenters. The Morgan fingerprint density at radius 3 is 2.33 bits per heavy atom. The van der Waals surface area contributed by atoms with Crippen LogP contribution in [0.5, 0.6) is 17.2 Å². The Hall–Kier alpha value is -2.51. The van der Waals surface area contributed by atoms with Gasteiger partial charge in [0.1, 0.15) is 34.8 Å². The van der Waals surface area contributed by atoms with Gasteiger partial charge >= 0.3 is 0 Å². The number of amides is 1. The molecule has 1 fully saturated rings. The molecule has 0 aromatic heterocycles. The molecule has 7 heteroatoms. The number of hydrogen-bond acceptors (Lipinski definition) is 6. The maximum absolute atomic E-state index is 12.0. The van der Waals surface area contributed by atoms with Gasteiger partial charge in [-0.3, -0.25) is 9.69 Å². The topological polar surface area (TPSA) is 48.0 Å². The largest absolute Gasteiger partial charge is 0.497 e. The zero-order valence-electron chi connectivity index (χ0n) is 15.0. The number of nitrogens with zero attached hydrogens (tertiary/aromatic N) is 1. The van der Waals surface area contributed by atoms with Crippen molar-refractivity contribution in [3.05, 3.63) is 59.0 Å². The zero-order chi connectivity index (χ0) is 19.2. The fourth-order valence-electron chi connectivity index (χ4n) is 2.37. The fraction of sp³-hybridized carbons (Fsp3) is 0.200. The second kappa shape index (κ2) is 8.92. The minimum atomic E-state index is -0.0694. The van der Waals surface area contributed by atoms with Crippen molar-refractivity contribution >= 4 is 40.3 Å². The molecule has 5 nitrogen and oxygen atoms in total. The Kier molecular flexibility index (Phi) is 6.36. The van der Waals surface area contributed by atoms with Gasteiger partial charge in [-0.1, -0.05) is 42.2 Å². The highest BCUT2D eigenvalue weighted by atomic mass is 32.2. The molecule has 0 unspecified atom stereocenters. The normalized spacial score (nSPS) is 15.3. The van der Waals surface area contributed by atoms with Crippen LogP contribution in [-0.4, -0.2) is 42.5 Å². The summed E-state index contributed by atoms with van der Waals surface area (Å²) in [6.07, 6.45) is 1.83. The van der Waals surface area contributed by atoms with Crippen molar-refractivity contribution in [1.29, 1.82) is 0 Å². The van der Waals surface area contributed by atoms with E-state index in [0.717, 1.165) is 22.8 Å². The summed E-state index contributed by atoms with van der Waals surface area (Å²) in [6.45, 7) is 0.846. The summed E-state index contributed by atoms with van der Waals surface area (Å²) in [7, 11) is 3.30. The molecule has 0 radical (unpaired) electrons. The van der Waals surface area contributed by atoms with E-state index < -0.39 is 0 Å². The number of methoxy groups -OCH3 is 1. The molecule has 27 heavy (non-hydrogen) atoms. The van der Waals surface area contributed by atoms with Crippen molar-refractivity contribution in [2.45, 2.75) is 0 Å². The van der Waals surface area contributed by atoms with Crippen LogP contribution in [0.15, 0.2) is 53.4 Å². The Morgan fingerprint density at radius 1 is 1.04 bits per heavy atom. The minimum Gasteiger partial charge on any atom is -0.497 e. The second-order valence-electron chi connectivity index (χ2n) is 5.69. The maximum atomic E-state index is 12.0. The van der Waals surface area contributed by atoms with Crippen molar-refractivity contribution in [3.63, 3.8) is 0 Å². The number of carbonyl (C=O) groups is 1. The van der Waals surface area contributed by atoms with Gasteiger partial charge in [-0.05, 0) is 35.9 Å². The van der Waals surface area contributed by atoms with Crippen molar-refractivity contribution in [2.75, 3.05) is 27.4 Å². The van der Waals surface area contributed by atoms with Crippen LogP contribution in [0, 0.1) is 0 Å². The third-order valence-electron chi connectivity index (χ3n) is 3.83. The van der Waals surface area contributed by atoms with Gasteiger partial charge in [-0.25, -0.2) is 0 Å². The molecule has 140 valence electrons. The molecule has 0 aliphatic carbocycles. The molecule has 2 aromatic carbocycles. The smallest absolute Gasteiger partial charge is 0.265 e. The number of benzene rings is 2. The van der Waals surface area contributed by atoms with E-state index in [1.807, 2.05) is 54.6 Å². The number of carbonyl (C=O) groups excluding carboxylic acids is 1. The van der Waals surface area contributed by atoms with Crippen molar-refractivity contribution in [2.24, 2.45) is 0 Å². The van der Waals surface area contributed by atoms with Crippen LogP contribution in [-0.2, 0) is 4.79 Å². The van der Waals surface area contributed by atoms with Crippen LogP contribution in [0.4, 0.5) is 0 Å². The average molecular weight is 402 g/mol. The molecule has 0 N–H and O–H groups in total. The molecule has 2 aromatic rings. The molecular weight excluding hydrogens is 382 g/mol. The summed E-state index contributed by atoms with van der Waals surface area (Å²) in [5.74, 6) is 2.16. The van der Waals surface area contributed by atoms with E-state index in [0.29, 0.717) is 22.4 Å². The summed E-state index contributed by atoms with van der Waals surface area (Å²) in [5.41, 5.74) is 0.920. The number of thiocarbonyl (C=S) groups is 1. The lowest BCUT2D eigenvalue weighted by molar-refractivity contribution is -0.121. The van der Waals surface area contributed by atoms with Crippen LogP contribution >= 0.6 is 24.0 Å². The van der Waals surface area contributed by atoms with Crippen LogP contribution < -0.4 is 14.2 Å². The average Bonchev–Trinajstić information content (AvgIpc) is 2.93. The predicted molar refractivity (Wildman–Crippen MR) is 111 cm³/mol. The van der Waals surface area contributed by atoms with Crippen LogP contribution in [0.1, 0.15) is 5.56 Å². The van der Waals surface area contributed by atoms with Crippen LogP contribution in [0.25, 0.3) is 6.08 Å². The van der Waals surface area contributed by atoms with E-state index in [2.05, 4.69) is 0 Å². The molecule has 3 rings (SSSR count). The number of hydrogen-bond donors (Lipinski definition) is 0. The SMILES string of the molecule is COc1cccc(OCCOc2ccc(/C=C3/SC(=S)N(C)C3=O)cc2)c1. The standard InChI is InChI=1S/C20H19NO4S2/c1-21-19(22)18(27-20(21)26)12-14-6-8-15(9-7-14)24-10-11-25-17-5-3-4-16(13-17)23-2/h3-9,12-13H,10-11H2,1-2H3/b18-12+. The summed E-state index contributed by atoms with van der Waals surface area (Å²) in [4.78, 5) is 14.1. The summed E-state index contributed by atoms with van der Waals surface area (Å²) in [6, 6.07) is 15.0. The van der Waals surface area contributed by atoms with E-state index in [-0.39, 0.29) is 5.91 Å². The molecule has 0 saturated carbocycles. The van der Waals surface area contributed by atoms with Gasteiger partial charge in [0.05, 0.1) is 12.0 Å². The Morgan fingerprint density at radius 2 is 1.70 bits per heavy atom. The van der Waals surface area contributed by atoms with Gasteiger partial charge in [0.25, 0.3) is 5.91 Å². The van der Waals surface area contributed by atoms with Crippen LogP contribution in [0.3, 0.4) is 0 Å². The third kappa shape index (κ3) is 5.02. The monoisotopic (exact) mass is 401 g/mol. The molecule has 0 bridgehead atoms. The molecule has 1 amide bonds. The Labute approximate surface area is 167 Å². The molecular formula is C20H19NO4S2. The van der Waals surface area contributed by atoms with Crippen molar-refractivity contribution in [3.8, 4) is 17.2 Å². The second-order valence-corrected chi connectivity index (χ2v) is 7.36. The quantitative estimate of drug-likeness (QED) is 0.397. The lowest BCUT2D eigenvalue weighted by Crippen LogP contribution is -2.22. The molecule has 1 heterocycles. The molecule has 0 spiro atoms. The first kappa shape index (κ1) is 19.3. The number of rotatable bonds is 7. The van der Waals surface area contributed by atoms with Gasteiger partial charge in [-0.15, -0.1) is 0 Å². The van der Waals surface area contributed by atoms with Gasteiger partial charge in [0.15, 0.2) is 0 Å². The first-order valence-electron chi connectivity index (χ1n) is 8.28. The van der Waals surface area contributed by atoms with Gasteiger partial charge in [0, 0.05) is 13.1 Å². The third-order valence-corrected chi connectivity index (χ3v) is 5.31. The fourth-order valence-corrected chi connectivity index (χ4v) is 3.55. The predicted octanol–water partition coefficient (Wildman–Crippen LogP) is 3.98. The maximum Gasteiger partial charge on any atom is 0.265 e. The number of thioether (sulfide) groups is 1. The van der Waals surface area contributed by atoms with Gasteiger partial charge in [-0.2, -0.15) is 0 Å². The first-order chi connectivity index (χ1) is 13.1. The van der Waals surface area contributed by atoms with E-state index in [1.54, 1.807) is 14.2 Å². The zero-order valence-corrected chi connectivity index (χ0v) is 16.6. The van der Waals surface area contributed by atoms with Crippen molar-refractivity contribution < 1.29 is 19.0 Å².